The molecule has 0 saturated carbocycles. The van der Waals surface area contributed by atoms with E-state index in [4.69, 9.17) is 0 Å². The fourth-order valence-corrected chi connectivity index (χ4v) is 2.00. The Balaban J connectivity index is 2.17. The molecule has 1 N–H and O–H groups in total. The second kappa shape index (κ2) is 6.48. The molecule has 1 aromatic carbocycles. The first kappa shape index (κ1) is 13.8. The summed E-state index contributed by atoms with van der Waals surface area (Å²) in [6, 6.07) is 11.4. The zero-order valence-corrected chi connectivity index (χ0v) is 12.0. The summed E-state index contributed by atoms with van der Waals surface area (Å²) in [7, 11) is 0. The maximum atomic E-state index is 4.34. The molecule has 0 radical (unpaired) electrons. The van der Waals surface area contributed by atoms with Crippen LogP contribution in [-0.4, -0.2) is 11.0 Å². The standard InChI is InChI=1S/C17H22N2/c1-4-14-5-7-16(8-6-14)17-9-15(10-18-12-17)11-19-13(2)3/h5-10,12-13,19H,4,11H2,1-3H3. The monoisotopic (exact) mass is 254 g/mol. The Labute approximate surface area is 115 Å². The lowest BCUT2D eigenvalue weighted by Crippen LogP contribution is -2.21. The van der Waals surface area contributed by atoms with Gasteiger partial charge in [-0.1, -0.05) is 45.0 Å². The van der Waals surface area contributed by atoms with Crippen LogP contribution in [-0.2, 0) is 13.0 Å². The topological polar surface area (TPSA) is 24.9 Å². The second-order valence-corrected chi connectivity index (χ2v) is 5.17. The third-order valence-corrected chi connectivity index (χ3v) is 3.20. The molecule has 100 valence electrons. The average Bonchev–Trinajstić information content (AvgIpc) is 2.45. The molecule has 2 aromatic rings. The quantitative estimate of drug-likeness (QED) is 0.877. The van der Waals surface area contributed by atoms with E-state index in [2.05, 4.69) is 61.4 Å². The third-order valence-electron chi connectivity index (χ3n) is 3.20. The van der Waals surface area contributed by atoms with Crippen molar-refractivity contribution in [3.05, 3.63) is 53.9 Å². The fourth-order valence-electron chi connectivity index (χ4n) is 2.00. The summed E-state index contributed by atoms with van der Waals surface area (Å²) in [5.74, 6) is 0. The number of hydrogen-bond acceptors (Lipinski definition) is 2. The van der Waals surface area contributed by atoms with E-state index in [-0.39, 0.29) is 0 Å². The van der Waals surface area contributed by atoms with E-state index in [1.807, 2.05) is 12.4 Å². The third kappa shape index (κ3) is 3.90. The molecule has 2 nitrogen and oxygen atoms in total. The molecule has 2 rings (SSSR count). The Morgan fingerprint density at radius 3 is 2.37 bits per heavy atom. The van der Waals surface area contributed by atoms with Gasteiger partial charge in [0.2, 0.25) is 0 Å². The van der Waals surface area contributed by atoms with Crippen molar-refractivity contribution in [3.63, 3.8) is 0 Å². The van der Waals surface area contributed by atoms with Crippen LogP contribution in [0.15, 0.2) is 42.7 Å². The lowest BCUT2D eigenvalue weighted by molar-refractivity contribution is 0.588. The Morgan fingerprint density at radius 1 is 1.00 bits per heavy atom. The lowest BCUT2D eigenvalue weighted by atomic mass is 10.0. The molecule has 1 heterocycles. The number of aryl methyl sites for hydroxylation is 1. The SMILES string of the molecule is CCc1ccc(-c2cncc(CNC(C)C)c2)cc1. The van der Waals surface area contributed by atoms with Crippen LogP contribution >= 0.6 is 0 Å². The first-order valence-electron chi connectivity index (χ1n) is 6.95. The summed E-state index contributed by atoms with van der Waals surface area (Å²) in [6.07, 6.45) is 4.94. The largest absolute Gasteiger partial charge is 0.310 e. The Morgan fingerprint density at radius 2 is 1.74 bits per heavy atom. The van der Waals surface area contributed by atoms with Crippen molar-refractivity contribution in [2.75, 3.05) is 0 Å². The van der Waals surface area contributed by atoms with Gasteiger partial charge in [0.25, 0.3) is 0 Å². The molecule has 19 heavy (non-hydrogen) atoms. The Kier molecular flexibility index (Phi) is 4.69. The van der Waals surface area contributed by atoms with Crippen molar-refractivity contribution in [2.24, 2.45) is 0 Å². The van der Waals surface area contributed by atoms with Crippen LogP contribution in [0.4, 0.5) is 0 Å². The molecule has 0 atom stereocenters. The number of rotatable bonds is 5. The average molecular weight is 254 g/mol. The van der Waals surface area contributed by atoms with Crippen molar-refractivity contribution in [2.45, 2.75) is 39.8 Å². The van der Waals surface area contributed by atoms with Crippen LogP contribution in [0.25, 0.3) is 11.1 Å². The minimum absolute atomic E-state index is 0.493. The maximum absolute atomic E-state index is 4.34. The van der Waals surface area contributed by atoms with Crippen molar-refractivity contribution in [3.8, 4) is 11.1 Å². The number of aromatic nitrogens is 1. The highest BCUT2D eigenvalue weighted by Crippen LogP contribution is 2.20. The van der Waals surface area contributed by atoms with E-state index in [0.29, 0.717) is 6.04 Å². The molecule has 0 spiro atoms. The van der Waals surface area contributed by atoms with Gasteiger partial charge in [-0.05, 0) is 29.2 Å². The molecule has 1 aromatic heterocycles. The highest BCUT2D eigenvalue weighted by Gasteiger charge is 2.01. The smallest absolute Gasteiger partial charge is 0.0346 e. The first-order valence-corrected chi connectivity index (χ1v) is 6.95. The van der Waals surface area contributed by atoms with E-state index >= 15 is 0 Å². The molecule has 0 aliphatic rings. The molecule has 0 aliphatic heterocycles. The summed E-state index contributed by atoms with van der Waals surface area (Å²) in [4.78, 5) is 4.34. The van der Waals surface area contributed by atoms with Crippen LogP contribution in [0.5, 0.6) is 0 Å². The molecule has 0 bridgehead atoms. The van der Waals surface area contributed by atoms with E-state index in [1.165, 1.54) is 22.3 Å². The number of nitrogens with one attached hydrogen (secondary N) is 1. The van der Waals surface area contributed by atoms with Crippen LogP contribution < -0.4 is 5.32 Å². The summed E-state index contributed by atoms with van der Waals surface area (Å²) in [5, 5.41) is 3.42. The van der Waals surface area contributed by atoms with Gasteiger partial charge in [-0.2, -0.15) is 0 Å². The summed E-state index contributed by atoms with van der Waals surface area (Å²) in [6.45, 7) is 7.35. The van der Waals surface area contributed by atoms with E-state index < -0.39 is 0 Å². The number of pyridine rings is 1. The fraction of sp³-hybridized carbons (Fsp3) is 0.353. The van der Waals surface area contributed by atoms with E-state index in [1.54, 1.807) is 0 Å². The zero-order chi connectivity index (χ0) is 13.7. The van der Waals surface area contributed by atoms with E-state index in [9.17, 15) is 0 Å². The van der Waals surface area contributed by atoms with Crippen LogP contribution in [0, 0.1) is 0 Å². The molecule has 0 fully saturated rings. The van der Waals surface area contributed by atoms with Crippen molar-refractivity contribution < 1.29 is 0 Å². The minimum atomic E-state index is 0.493. The zero-order valence-electron chi connectivity index (χ0n) is 12.0. The normalized spacial score (nSPS) is 10.9. The van der Waals surface area contributed by atoms with Gasteiger partial charge >= 0.3 is 0 Å². The molecular formula is C17H22N2. The van der Waals surface area contributed by atoms with Gasteiger partial charge in [0.05, 0.1) is 0 Å². The summed E-state index contributed by atoms with van der Waals surface area (Å²) < 4.78 is 0. The van der Waals surface area contributed by atoms with Gasteiger partial charge in [-0.15, -0.1) is 0 Å². The first-order chi connectivity index (χ1) is 9.19. The van der Waals surface area contributed by atoms with Gasteiger partial charge in [-0.25, -0.2) is 0 Å². The molecular weight excluding hydrogens is 232 g/mol. The number of hydrogen-bond donors (Lipinski definition) is 1. The van der Waals surface area contributed by atoms with Crippen molar-refractivity contribution in [1.82, 2.24) is 10.3 Å². The van der Waals surface area contributed by atoms with Crippen molar-refractivity contribution in [1.29, 1.82) is 0 Å². The van der Waals surface area contributed by atoms with Gasteiger partial charge < -0.3 is 5.32 Å². The lowest BCUT2D eigenvalue weighted by Gasteiger charge is -2.09. The molecule has 2 heteroatoms. The Bertz CT molecular complexity index is 515. The molecule has 0 unspecified atom stereocenters. The highest BCUT2D eigenvalue weighted by atomic mass is 14.9. The molecule has 0 amide bonds. The minimum Gasteiger partial charge on any atom is -0.310 e. The second-order valence-electron chi connectivity index (χ2n) is 5.17. The van der Waals surface area contributed by atoms with E-state index in [0.717, 1.165) is 13.0 Å². The summed E-state index contributed by atoms with van der Waals surface area (Å²) in [5.41, 5.74) is 5.02. The predicted molar refractivity (Wildman–Crippen MR) is 81.0 cm³/mol. The maximum Gasteiger partial charge on any atom is 0.0346 e. The predicted octanol–water partition coefficient (Wildman–Crippen LogP) is 3.81. The molecule has 0 aliphatic carbocycles. The van der Waals surface area contributed by atoms with Gasteiger partial charge in [0, 0.05) is 30.5 Å². The highest BCUT2D eigenvalue weighted by molar-refractivity contribution is 5.63. The number of benzene rings is 1. The van der Waals surface area contributed by atoms with Gasteiger partial charge in [0.15, 0.2) is 0 Å². The van der Waals surface area contributed by atoms with Crippen LogP contribution in [0.1, 0.15) is 31.9 Å². The molecule has 0 saturated heterocycles. The van der Waals surface area contributed by atoms with Gasteiger partial charge in [-0.3, -0.25) is 4.98 Å². The summed E-state index contributed by atoms with van der Waals surface area (Å²) >= 11 is 0. The Hall–Kier alpha value is -1.67. The number of nitrogens with zero attached hydrogens (tertiary/aromatic N) is 1. The van der Waals surface area contributed by atoms with Crippen LogP contribution in [0.2, 0.25) is 0 Å². The van der Waals surface area contributed by atoms with Crippen molar-refractivity contribution >= 4 is 0 Å². The van der Waals surface area contributed by atoms with Crippen LogP contribution in [0.3, 0.4) is 0 Å². The van der Waals surface area contributed by atoms with Gasteiger partial charge in [0.1, 0.15) is 0 Å².